The van der Waals surface area contributed by atoms with E-state index in [-0.39, 0.29) is 11.9 Å². The summed E-state index contributed by atoms with van der Waals surface area (Å²) in [7, 11) is 0. The Morgan fingerprint density at radius 3 is 1.65 bits per heavy atom. The van der Waals surface area contributed by atoms with Gasteiger partial charge in [0.15, 0.2) is 0 Å². The minimum atomic E-state index is -0.218. The van der Waals surface area contributed by atoms with Crippen LogP contribution in [0.2, 0.25) is 0 Å². The van der Waals surface area contributed by atoms with Gasteiger partial charge in [-0.15, -0.1) is 0 Å². The van der Waals surface area contributed by atoms with E-state index in [0.29, 0.717) is 13.2 Å². The maximum atomic E-state index is 10.9. The van der Waals surface area contributed by atoms with Crippen LogP contribution in [0.3, 0.4) is 0 Å². The van der Waals surface area contributed by atoms with Gasteiger partial charge in [-0.05, 0) is 60.1 Å². The van der Waals surface area contributed by atoms with Crippen molar-refractivity contribution < 1.29 is 19.1 Å². The second kappa shape index (κ2) is 9.41. The van der Waals surface area contributed by atoms with Crippen LogP contribution >= 0.6 is 0 Å². The van der Waals surface area contributed by atoms with Gasteiger partial charge in [0, 0.05) is 38.3 Å². The van der Waals surface area contributed by atoms with Crippen molar-refractivity contribution in [2.24, 2.45) is 0 Å². The van der Waals surface area contributed by atoms with E-state index in [0.717, 1.165) is 45.4 Å². The zero-order valence-corrected chi connectivity index (χ0v) is 18.4. The monoisotopic (exact) mass is 422 g/mol. The van der Waals surface area contributed by atoms with Gasteiger partial charge in [-0.25, -0.2) is 0 Å². The smallest absolute Gasteiger partial charge is 0.302 e. The number of fused-ring (bicyclic) bond motifs is 6. The third kappa shape index (κ3) is 5.19. The van der Waals surface area contributed by atoms with E-state index in [9.17, 15) is 9.59 Å². The molecule has 4 rings (SSSR count). The number of carbonyl (C=O) groups is 2. The molecule has 0 aliphatic carbocycles. The molecule has 2 bridgehead atoms. The number of carbonyl (C=O) groups excluding carboxylic acids is 2. The molecule has 0 spiro atoms. The van der Waals surface area contributed by atoms with Crippen LogP contribution in [0.5, 0.6) is 0 Å². The van der Waals surface area contributed by atoms with Crippen LogP contribution < -0.4 is 9.80 Å². The van der Waals surface area contributed by atoms with Crippen molar-refractivity contribution in [3.63, 3.8) is 0 Å². The fraction of sp³-hybridized carbons (Fsp3) is 0.440. The zero-order chi connectivity index (χ0) is 21.8. The molecule has 0 saturated carbocycles. The van der Waals surface area contributed by atoms with Crippen LogP contribution in [0.1, 0.15) is 48.9 Å². The maximum absolute atomic E-state index is 10.9. The van der Waals surface area contributed by atoms with E-state index in [1.54, 1.807) is 0 Å². The lowest BCUT2D eigenvalue weighted by atomic mass is 9.97. The molecular formula is C25H30N2O4. The molecule has 0 unspecified atom stereocenters. The van der Waals surface area contributed by atoms with Crippen LogP contribution in [0, 0.1) is 0 Å². The summed E-state index contributed by atoms with van der Waals surface area (Å²) in [5, 5.41) is 0. The molecule has 6 heteroatoms. The molecule has 2 aliphatic heterocycles. The third-order valence-corrected chi connectivity index (χ3v) is 5.86. The van der Waals surface area contributed by atoms with Crippen LogP contribution in [0.25, 0.3) is 0 Å². The predicted octanol–water partition coefficient (Wildman–Crippen LogP) is 3.98. The van der Waals surface area contributed by atoms with Crippen molar-refractivity contribution in [2.45, 2.75) is 52.6 Å². The van der Waals surface area contributed by atoms with Crippen molar-refractivity contribution in [2.75, 3.05) is 29.7 Å². The summed E-state index contributed by atoms with van der Waals surface area (Å²) >= 11 is 0. The Labute approximate surface area is 183 Å². The highest BCUT2D eigenvalue weighted by Crippen LogP contribution is 2.38. The summed E-state index contributed by atoms with van der Waals surface area (Å²) in [5.74, 6) is -0.435. The average molecular weight is 423 g/mol. The molecule has 0 radical (unpaired) electrons. The third-order valence-electron chi connectivity index (χ3n) is 5.86. The Morgan fingerprint density at radius 1 is 0.774 bits per heavy atom. The van der Waals surface area contributed by atoms with E-state index >= 15 is 0 Å². The molecule has 2 aromatic rings. The van der Waals surface area contributed by atoms with Crippen molar-refractivity contribution in [1.82, 2.24) is 0 Å². The number of benzene rings is 2. The molecule has 0 fully saturated rings. The number of rotatable bonds is 8. The number of ether oxygens (including phenoxy) is 2. The van der Waals surface area contributed by atoms with E-state index in [4.69, 9.17) is 9.47 Å². The van der Waals surface area contributed by atoms with Crippen molar-refractivity contribution in [3.8, 4) is 0 Å². The van der Waals surface area contributed by atoms with Gasteiger partial charge in [0.25, 0.3) is 0 Å². The number of esters is 2. The fourth-order valence-corrected chi connectivity index (χ4v) is 4.48. The first kappa shape index (κ1) is 21.2. The van der Waals surface area contributed by atoms with E-state index < -0.39 is 0 Å². The summed E-state index contributed by atoms with van der Waals surface area (Å²) in [6.45, 7) is 6.57. The zero-order valence-electron chi connectivity index (χ0n) is 18.4. The predicted molar refractivity (Wildman–Crippen MR) is 120 cm³/mol. The Hall–Kier alpha value is -3.02. The summed E-state index contributed by atoms with van der Waals surface area (Å²) < 4.78 is 10.1. The molecule has 0 aromatic heterocycles. The Kier molecular flexibility index (Phi) is 6.44. The molecule has 6 nitrogen and oxygen atoms in total. The highest BCUT2D eigenvalue weighted by atomic mass is 16.5. The lowest BCUT2D eigenvalue weighted by Crippen LogP contribution is -2.46. The number of hydrogen-bond donors (Lipinski definition) is 0. The molecule has 164 valence electrons. The minimum absolute atomic E-state index is 0.218. The van der Waals surface area contributed by atoms with Gasteiger partial charge in [0.2, 0.25) is 0 Å². The molecule has 2 heterocycles. The molecule has 0 N–H and O–H groups in total. The van der Waals surface area contributed by atoms with E-state index in [1.807, 2.05) is 0 Å². The Morgan fingerprint density at radius 2 is 1.23 bits per heavy atom. The number of nitrogens with zero attached hydrogens (tertiary/aromatic N) is 2. The highest BCUT2D eigenvalue weighted by molar-refractivity contribution is 5.68. The first-order chi connectivity index (χ1) is 15.0. The molecule has 2 aromatic carbocycles. The molecular weight excluding hydrogens is 392 g/mol. The van der Waals surface area contributed by atoms with Gasteiger partial charge < -0.3 is 19.3 Å². The second-order valence-electron chi connectivity index (χ2n) is 8.35. The Bertz CT molecular complexity index is 894. The fourth-order valence-electron chi connectivity index (χ4n) is 4.48. The van der Waals surface area contributed by atoms with Crippen LogP contribution in [-0.4, -0.2) is 31.8 Å². The number of aryl methyl sites for hydroxylation is 2. The molecule has 0 amide bonds. The normalized spacial score (nSPS) is 14.0. The molecule has 31 heavy (non-hydrogen) atoms. The number of anilines is 2. The minimum Gasteiger partial charge on any atom is -0.466 e. The van der Waals surface area contributed by atoms with Gasteiger partial charge in [0.1, 0.15) is 0 Å². The lowest BCUT2D eigenvalue weighted by molar-refractivity contribution is -0.142. The second-order valence-corrected chi connectivity index (χ2v) is 8.35. The maximum Gasteiger partial charge on any atom is 0.302 e. The first-order valence-corrected chi connectivity index (χ1v) is 11.0. The van der Waals surface area contributed by atoms with Gasteiger partial charge in [-0.3, -0.25) is 9.59 Å². The highest BCUT2D eigenvalue weighted by Gasteiger charge is 2.29. The summed E-state index contributed by atoms with van der Waals surface area (Å²) in [4.78, 5) is 26.7. The largest absolute Gasteiger partial charge is 0.466 e. The van der Waals surface area contributed by atoms with Gasteiger partial charge in [0.05, 0.1) is 19.9 Å². The Balaban J connectivity index is 1.41. The number of hydrogen-bond acceptors (Lipinski definition) is 6. The first-order valence-electron chi connectivity index (χ1n) is 11.0. The molecule has 0 atom stereocenters. The summed E-state index contributed by atoms with van der Waals surface area (Å²) in [6.07, 6.45) is 3.51. The lowest BCUT2D eigenvalue weighted by Gasteiger charge is -2.45. The average Bonchev–Trinajstić information content (AvgIpc) is 2.74. The van der Waals surface area contributed by atoms with Crippen LogP contribution in [0.4, 0.5) is 11.4 Å². The summed E-state index contributed by atoms with van der Waals surface area (Å²) in [6, 6.07) is 13.5. The van der Waals surface area contributed by atoms with E-state index in [2.05, 4.69) is 46.2 Å². The van der Waals surface area contributed by atoms with Crippen LogP contribution in [0.15, 0.2) is 36.4 Å². The molecule has 0 saturated heterocycles. The van der Waals surface area contributed by atoms with Gasteiger partial charge in [-0.1, -0.05) is 24.3 Å². The van der Waals surface area contributed by atoms with Crippen LogP contribution in [-0.2, 0) is 45.0 Å². The van der Waals surface area contributed by atoms with Crippen molar-refractivity contribution >= 4 is 23.3 Å². The standard InChI is InChI=1S/C25H30N2O4/c1-18(28)30-11-3-5-20-7-9-24-22(13-20)15-26-17-27(24)16-23-14-21(8-10-25(23)26)6-4-12-31-19(2)29/h7-10,13-14H,3-6,11-12,15-17H2,1-2H3. The SMILES string of the molecule is CC(=O)OCCCc1ccc2c(c1)CN1CN2Cc2cc(CCCOC(C)=O)ccc21. The summed E-state index contributed by atoms with van der Waals surface area (Å²) in [5.41, 5.74) is 7.91. The molecule has 2 aliphatic rings. The topological polar surface area (TPSA) is 59.1 Å². The van der Waals surface area contributed by atoms with E-state index in [1.165, 1.54) is 47.5 Å². The van der Waals surface area contributed by atoms with Gasteiger partial charge >= 0.3 is 11.9 Å². The van der Waals surface area contributed by atoms with Crippen molar-refractivity contribution in [1.29, 1.82) is 0 Å². The van der Waals surface area contributed by atoms with Gasteiger partial charge in [-0.2, -0.15) is 0 Å². The van der Waals surface area contributed by atoms with Crippen molar-refractivity contribution in [3.05, 3.63) is 58.7 Å². The quantitative estimate of drug-likeness (QED) is 0.474.